The number of hydrogen-bond donors (Lipinski definition) is 1. The molecule has 2 N–H and O–H groups in total. The highest BCUT2D eigenvalue weighted by atomic mass is 79.9. The minimum Gasteiger partial charge on any atom is -0.325 e. The van der Waals surface area contributed by atoms with Gasteiger partial charge in [-0.15, -0.1) is 0 Å². The smallest absolute Gasteiger partial charge is 0.129 e. The Hall–Kier alpha value is -0.380. The average molecular weight is 262 g/mol. The Morgan fingerprint density at radius 1 is 1.69 bits per heavy atom. The molecule has 0 bridgehead atoms. The van der Waals surface area contributed by atoms with Crippen LogP contribution in [0.5, 0.6) is 0 Å². The summed E-state index contributed by atoms with van der Waals surface area (Å²) in [5.41, 5.74) is 6.56. The zero-order valence-electron chi connectivity index (χ0n) is 7.17. The van der Waals surface area contributed by atoms with Crippen molar-refractivity contribution in [2.24, 2.45) is 5.73 Å². The normalized spacial score (nSPS) is 13.5. The molecule has 1 heterocycles. The van der Waals surface area contributed by atoms with Crippen LogP contribution in [0.15, 0.2) is 22.8 Å². The molecule has 1 atom stereocenters. The number of aromatic nitrogens is 1. The predicted octanol–water partition coefficient (Wildman–Crippen LogP) is 2.86. The summed E-state index contributed by atoms with van der Waals surface area (Å²) in [6.45, 7) is 1.91. The van der Waals surface area contributed by atoms with Crippen molar-refractivity contribution in [2.45, 2.75) is 13.0 Å². The van der Waals surface area contributed by atoms with Gasteiger partial charge < -0.3 is 5.73 Å². The summed E-state index contributed by atoms with van der Waals surface area (Å²) in [4.78, 5) is 3.92. The van der Waals surface area contributed by atoms with Gasteiger partial charge in [0.05, 0.1) is 0 Å². The van der Waals surface area contributed by atoms with E-state index in [-0.39, 0.29) is 6.04 Å². The van der Waals surface area contributed by atoms with E-state index < -0.39 is 0 Å². The molecule has 0 spiro atoms. The maximum Gasteiger partial charge on any atom is 0.129 e. The summed E-state index contributed by atoms with van der Waals surface area (Å²) in [6.07, 6.45) is 5.49. The van der Waals surface area contributed by atoms with Gasteiger partial charge in [0, 0.05) is 16.7 Å². The van der Waals surface area contributed by atoms with Crippen LogP contribution in [0.2, 0.25) is 5.15 Å². The molecule has 0 aromatic carbocycles. The quantitative estimate of drug-likeness (QED) is 0.832. The van der Waals surface area contributed by atoms with E-state index in [1.807, 2.05) is 19.1 Å². The van der Waals surface area contributed by atoms with E-state index in [2.05, 4.69) is 20.9 Å². The van der Waals surface area contributed by atoms with Crippen LogP contribution in [0.3, 0.4) is 0 Å². The second-order valence-electron chi connectivity index (χ2n) is 2.75. The van der Waals surface area contributed by atoms with Crippen molar-refractivity contribution in [1.29, 1.82) is 0 Å². The number of rotatable bonds is 2. The van der Waals surface area contributed by atoms with Gasteiger partial charge in [0.1, 0.15) is 5.15 Å². The van der Waals surface area contributed by atoms with E-state index >= 15 is 0 Å². The van der Waals surface area contributed by atoms with Crippen LogP contribution in [0.1, 0.15) is 12.5 Å². The SMILES string of the molecule is CC(N)/C=C/c1cc(Cl)ncc1Br. The first-order valence-corrected chi connectivity index (χ1v) is 5.01. The molecule has 1 rings (SSSR count). The number of pyridine rings is 1. The van der Waals surface area contributed by atoms with Gasteiger partial charge in [-0.2, -0.15) is 0 Å². The second kappa shape index (κ2) is 4.74. The zero-order valence-corrected chi connectivity index (χ0v) is 9.51. The lowest BCUT2D eigenvalue weighted by Gasteiger charge is -1.99. The number of halogens is 2. The molecule has 13 heavy (non-hydrogen) atoms. The monoisotopic (exact) mass is 260 g/mol. The summed E-state index contributed by atoms with van der Waals surface area (Å²) in [5.74, 6) is 0. The third-order valence-electron chi connectivity index (χ3n) is 1.43. The number of nitrogens with zero attached hydrogens (tertiary/aromatic N) is 1. The van der Waals surface area contributed by atoms with Crippen LogP contribution in [0.25, 0.3) is 6.08 Å². The van der Waals surface area contributed by atoms with E-state index in [1.54, 1.807) is 12.3 Å². The van der Waals surface area contributed by atoms with E-state index in [0.29, 0.717) is 5.15 Å². The topological polar surface area (TPSA) is 38.9 Å². The van der Waals surface area contributed by atoms with Gasteiger partial charge in [-0.3, -0.25) is 0 Å². The van der Waals surface area contributed by atoms with Crippen molar-refractivity contribution in [3.8, 4) is 0 Å². The van der Waals surface area contributed by atoms with Gasteiger partial charge in [-0.1, -0.05) is 23.8 Å². The molecule has 2 nitrogen and oxygen atoms in total. The molecular formula is C9H10BrClN2. The Balaban J connectivity index is 2.93. The molecule has 1 unspecified atom stereocenters. The minimum atomic E-state index is 0.0406. The molecule has 0 amide bonds. The van der Waals surface area contributed by atoms with Crippen LogP contribution < -0.4 is 5.73 Å². The van der Waals surface area contributed by atoms with Crippen LogP contribution in [-0.2, 0) is 0 Å². The first-order valence-electron chi connectivity index (χ1n) is 3.84. The third-order valence-corrected chi connectivity index (χ3v) is 2.30. The van der Waals surface area contributed by atoms with Crippen molar-refractivity contribution in [3.63, 3.8) is 0 Å². The summed E-state index contributed by atoms with van der Waals surface area (Å²) < 4.78 is 0.911. The van der Waals surface area contributed by atoms with Crippen molar-refractivity contribution in [3.05, 3.63) is 33.5 Å². The van der Waals surface area contributed by atoms with Crippen molar-refractivity contribution < 1.29 is 0 Å². The Bertz CT molecular complexity index is 323. The van der Waals surface area contributed by atoms with Crippen molar-refractivity contribution in [2.75, 3.05) is 0 Å². The molecule has 0 saturated heterocycles. The van der Waals surface area contributed by atoms with Crippen LogP contribution in [0, 0.1) is 0 Å². The molecule has 0 aliphatic rings. The molecule has 1 aromatic heterocycles. The summed E-state index contributed by atoms with van der Waals surface area (Å²) in [6, 6.07) is 1.82. The van der Waals surface area contributed by atoms with E-state index in [1.165, 1.54) is 0 Å². The standard InChI is InChI=1S/C9H10BrClN2/c1-6(12)2-3-7-4-9(11)13-5-8(7)10/h2-6H,12H2,1H3/b3-2+. The Kier molecular flexibility index (Phi) is 3.90. The van der Waals surface area contributed by atoms with Gasteiger partial charge in [0.15, 0.2) is 0 Å². The lowest BCUT2D eigenvalue weighted by molar-refractivity contribution is 0.930. The summed E-state index contributed by atoms with van der Waals surface area (Å²) in [5, 5.41) is 0.479. The Labute approximate surface area is 90.9 Å². The first-order chi connectivity index (χ1) is 6.09. The largest absolute Gasteiger partial charge is 0.325 e. The van der Waals surface area contributed by atoms with Gasteiger partial charge in [0.25, 0.3) is 0 Å². The number of nitrogens with two attached hydrogens (primary N) is 1. The highest BCUT2D eigenvalue weighted by Gasteiger charge is 1.97. The average Bonchev–Trinajstić information content (AvgIpc) is 2.06. The highest BCUT2D eigenvalue weighted by molar-refractivity contribution is 9.10. The van der Waals surface area contributed by atoms with Crippen molar-refractivity contribution in [1.82, 2.24) is 4.98 Å². The van der Waals surface area contributed by atoms with Gasteiger partial charge in [0.2, 0.25) is 0 Å². The molecule has 0 fully saturated rings. The molecule has 1 aromatic rings. The van der Waals surface area contributed by atoms with E-state index in [0.717, 1.165) is 10.0 Å². The fraction of sp³-hybridized carbons (Fsp3) is 0.222. The molecule has 0 aliphatic heterocycles. The maximum absolute atomic E-state index is 5.74. The minimum absolute atomic E-state index is 0.0406. The highest BCUT2D eigenvalue weighted by Crippen LogP contribution is 2.19. The van der Waals surface area contributed by atoms with Crippen LogP contribution >= 0.6 is 27.5 Å². The fourth-order valence-corrected chi connectivity index (χ4v) is 1.33. The predicted molar refractivity (Wildman–Crippen MR) is 59.6 cm³/mol. The first kappa shape index (κ1) is 10.7. The van der Waals surface area contributed by atoms with E-state index in [4.69, 9.17) is 17.3 Å². The fourth-order valence-electron chi connectivity index (χ4n) is 0.811. The maximum atomic E-state index is 5.74. The second-order valence-corrected chi connectivity index (χ2v) is 3.99. The van der Waals surface area contributed by atoms with Gasteiger partial charge in [-0.05, 0) is 34.5 Å². The van der Waals surface area contributed by atoms with Crippen LogP contribution in [0.4, 0.5) is 0 Å². The molecular weight excluding hydrogens is 251 g/mol. The number of hydrogen-bond acceptors (Lipinski definition) is 2. The molecule has 4 heteroatoms. The third kappa shape index (κ3) is 3.46. The van der Waals surface area contributed by atoms with Gasteiger partial charge in [-0.25, -0.2) is 4.98 Å². The molecule has 0 radical (unpaired) electrons. The lowest BCUT2D eigenvalue weighted by atomic mass is 10.2. The zero-order chi connectivity index (χ0) is 9.84. The summed E-state index contributed by atoms with van der Waals surface area (Å²) >= 11 is 9.10. The van der Waals surface area contributed by atoms with E-state index in [9.17, 15) is 0 Å². The Morgan fingerprint density at radius 3 is 3.00 bits per heavy atom. The molecule has 70 valence electrons. The van der Waals surface area contributed by atoms with Gasteiger partial charge >= 0.3 is 0 Å². The molecule has 0 aliphatic carbocycles. The van der Waals surface area contributed by atoms with Crippen molar-refractivity contribution >= 4 is 33.6 Å². The molecule has 0 saturated carbocycles. The Morgan fingerprint density at radius 2 is 2.38 bits per heavy atom. The lowest BCUT2D eigenvalue weighted by Crippen LogP contribution is -2.09. The van der Waals surface area contributed by atoms with Crippen LogP contribution in [-0.4, -0.2) is 11.0 Å². The summed E-state index contributed by atoms with van der Waals surface area (Å²) in [7, 11) is 0.